The molecule has 0 aliphatic heterocycles. The quantitative estimate of drug-likeness (QED) is 0.317. The summed E-state index contributed by atoms with van der Waals surface area (Å²) in [7, 11) is 0. The fraction of sp³-hybridized carbons (Fsp3) is 0.545. The van der Waals surface area contributed by atoms with Crippen molar-refractivity contribution in [3.63, 3.8) is 0 Å². The van der Waals surface area contributed by atoms with Gasteiger partial charge in [-0.05, 0) is 51.7 Å². The van der Waals surface area contributed by atoms with Gasteiger partial charge in [0.15, 0.2) is 0 Å². The summed E-state index contributed by atoms with van der Waals surface area (Å²) >= 11 is 0. The molecule has 0 heterocycles. The lowest BCUT2D eigenvalue weighted by Crippen LogP contribution is -1.70. The largest absolute Gasteiger partial charge is 0.130 e. The molecule has 0 saturated heterocycles. The van der Waals surface area contributed by atoms with Gasteiger partial charge in [0.1, 0.15) is 0 Å². The highest BCUT2D eigenvalue weighted by atomic mass is 13.9. The minimum absolute atomic E-state index is 1.17. The third kappa shape index (κ3) is 9.26. The van der Waals surface area contributed by atoms with Gasteiger partial charge >= 0.3 is 0 Å². The van der Waals surface area contributed by atoms with Gasteiger partial charge in [-0.3, -0.25) is 0 Å². The van der Waals surface area contributed by atoms with Crippen molar-refractivity contribution < 1.29 is 0 Å². The molecule has 0 amide bonds. The Labute approximate surface area is 70.3 Å². The molecule has 0 aromatic carbocycles. The maximum Gasteiger partial charge on any atom is -0.0274 e. The molecule has 0 N–H and O–H groups in total. The van der Waals surface area contributed by atoms with Crippen LogP contribution >= 0.6 is 0 Å². The van der Waals surface area contributed by atoms with Gasteiger partial charge in [0.05, 0.1) is 0 Å². The van der Waals surface area contributed by atoms with Gasteiger partial charge in [-0.15, -0.1) is 5.73 Å². The summed E-state index contributed by atoms with van der Waals surface area (Å²) in [5, 5.41) is 0. The van der Waals surface area contributed by atoms with Gasteiger partial charge in [-0.2, -0.15) is 0 Å². The molecular formula is C11H18. The summed E-state index contributed by atoms with van der Waals surface area (Å²) < 4.78 is 0. The maximum absolute atomic E-state index is 3.07. The smallest absolute Gasteiger partial charge is 0.0274 e. The summed E-state index contributed by atoms with van der Waals surface area (Å²) in [5.74, 6) is 0. The number of hydrogen-bond acceptors (Lipinski definition) is 0. The van der Waals surface area contributed by atoms with Gasteiger partial charge in [0.2, 0.25) is 0 Å². The first kappa shape index (κ1) is 10.3. The van der Waals surface area contributed by atoms with Gasteiger partial charge in [0, 0.05) is 0 Å². The van der Waals surface area contributed by atoms with E-state index < -0.39 is 0 Å². The highest BCUT2D eigenvalue weighted by molar-refractivity contribution is 4.82. The predicted octanol–water partition coefficient (Wildman–Crippen LogP) is 3.85. The number of unbranched alkanes of at least 4 members (excludes halogenated alkanes) is 3. The summed E-state index contributed by atoms with van der Waals surface area (Å²) in [6, 6.07) is 0. The van der Waals surface area contributed by atoms with Gasteiger partial charge < -0.3 is 0 Å². The van der Waals surface area contributed by atoms with E-state index in [1.165, 1.54) is 25.7 Å². The fourth-order valence-electron chi connectivity index (χ4n) is 0.876. The van der Waals surface area contributed by atoms with Crippen molar-refractivity contribution in [1.29, 1.82) is 0 Å². The second kappa shape index (κ2) is 9.26. The molecule has 0 radical (unpaired) electrons. The zero-order chi connectivity index (χ0) is 8.36. The molecule has 0 aliphatic carbocycles. The predicted molar refractivity (Wildman–Crippen MR) is 51.6 cm³/mol. The van der Waals surface area contributed by atoms with Crippen LogP contribution in [0.1, 0.15) is 39.5 Å². The van der Waals surface area contributed by atoms with Crippen molar-refractivity contribution in [1.82, 2.24) is 0 Å². The van der Waals surface area contributed by atoms with Gasteiger partial charge in [-0.1, -0.05) is 12.2 Å². The van der Waals surface area contributed by atoms with Crippen LogP contribution in [0.5, 0.6) is 0 Å². The second-order valence-electron chi connectivity index (χ2n) is 2.51. The van der Waals surface area contributed by atoms with Crippen LogP contribution in [0, 0.1) is 0 Å². The molecular weight excluding hydrogens is 132 g/mol. The molecule has 0 unspecified atom stereocenters. The van der Waals surface area contributed by atoms with Crippen molar-refractivity contribution >= 4 is 0 Å². The van der Waals surface area contributed by atoms with Crippen molar-refractivity contribution in [2.75, 3.05) is 0 Å². The number of rotatable bonds is 5. The number of allylic oxidation sites excluding steroid dienone is 3. The van der Waals surface area contributed by atoms with Crippen molar-refractivity contribution in [2.24, 2.45) is 0 Å². The third-order valence-corrected chi connectivity index (χ3v) is 1.49. The van der Waals surface area contributed by atoms with Gasteiger partial charge in [-0.25, -0.2) is 0 Å². The lowest BCUT2D eigenvalue weighted by Gasteiger charge is -1.90. The highest BCUT2D eigenvalue weighted by Gasteiger charge is 1.81. The lowest BCUT2D eigenvalue weighted by molar-refractivity contribution is 0.762. The summed E-state index contributed by atoms with van der Waals surface area (Å²) in [5.41, 5.74) is 3.07. The van der Waals surface area contributed by atoms with E-state index in [9.17, 15) is 0 Å². The van der Waals surface area contributed by atoms with E-state index in [-0.39, 0.29) is 0 Å². The first-order chi connectivity index (χ1) is 5.41. The molecule has 0 spiro atoms. The SMILES string of the molecule is CC=C=CCCCCC=CC. The Bertz CT molecular complexity index is 145. The summed E-state index contributed by atoms with van der Waals surface area (Å²) in [6.07, 6.45) is 13.4. The van der Waals surface area contributed by atoms with Crippen LogP contribution in [0.25, 0.3) is 0 Å². The van der Waals surface area contributed by atoms with Crippen LogP contribution in [0.4, 0.5) is 0 Å². The fourth-order valence-corrected chi connectivity index (χ4v) is 0.876. The lowest BCUT2D eigenvalue weighted by atomic mass is 10.2. The Morgan fingerprint density at radius 2 is 1.82 bits per heavy atom. The first-order valence-electron chi connectivity index (χ1n) is 4.38. The number of hydrogen-bond donors (Lipinski definition) is 0. The van der Waals surface area contributed by atoms with Crippen LogP contribution in [-0.2, 0) is 0 Å². The molecule has 0 saturated carbocycles. The molecule has 0 heteroatoms. The van der Waals surface area contributed by atoms with E-state index in [2.05, 4.69) is 30.9 Å². The second-order valence-corrected chi connectivity index (χ2v) is 2.51. The van der Waals surface area contributed by atoms with E-state index in [0.29, 0.717) is 0 Å². The minimum Gasteiger partial charge on any atom is -0.130 e. The highest BCUT2D eigenvalue weighted by Crippen LogP contribution is 2.00. The van der Waals surface area contributed by atoms with E-state index in [0.717, 1.165) is 0 Å². The zero-order valence-corrected chi connectivity index (χ0v) is 7.64. The topological polar surface area (TPSA) is 0 Å². The molecule has 0 bridgehead atoms. The van der Waals surface area contributed by atoms with Crippen molar-refractivity contribution in [3.05, 3.63) is 30.0 Å². The van der Waals surface area contributed by atoms with Crippen LogP contribution < -0.4 is 0 Å². The molecule has 62 valence electrons. The van der Waals surface area contributed by atoms with Crippen LogP contribution in [-0.4, -0.2) is 0 Å². The van der Waals surface area contributed by atoms with Crippen LogP contribution in [0.15, 0.2) is 30.0 Å². The van der Waals surface area contributed by atoms with E-state index >= 15 is 0 Å². The molecule has 0 rings (SSSR count). The Morgan fingerprint density at radius 3 is 2.45 bits per heavy atom. The monoisotopic (exact) mass is 150 g/mol. The Hall–Kier alpha value is -0.740. The Morgan fingerprint density at radius 1 is 1.09 bits per heavy atom. The van der Waals surface area contributed by atoms with Crippen LogP contribution in [0.3, 0.4) is 0 Å². The zero-order valence-electron chi connectivity index (χ0n) is 7.64. The molecule has 0 fully saturated rings. The van der Waals surface area contributed by atoms with Crippen LogP contribution in [0.2, 0.25) is 0 Å². The van der Waals surface area contributed by atoms with Crippen molar-refractivity contribution in [3.8, 4) is 0 Å². The average Bonchev–Trinajstić information content (AvgIpc) is 2.03. The van der Waals surface area contributed by atoms with E-state index in [4.69, 9.17) is 0 Å². The molecule has 0 aromatic rings. The van der Waals surface area contributed by atoms with Gasteiger partial charge in [0.25, 0.3) is 0 Å². The molecule has 11 heavy (non-hydrogen) atoms. The molecule has 0 aliphatic rings. The third-order valence-electron chi connectivity index (χ3n) is 1.49. The summed E-state index contributed by atoms with van der Waals surface area (Å²) in [4.78, 5) is 0. The average molecular weight is 150 g/mol. The van der Waals surface area contributed by atoms with E-state index in [1.807, 2.05) is 13.0 Å². The van der Waals surface area contributed by atoms with Crippen molar-refractivity contribution in [2.45, 2.75) is 39.5 Å². The molecule has 0 nitrogen and oxygen atoms in total. The van der Waals surface area contributed by atoms with E-state index in [1.54, 1.807) is 0 Å². The Balaban J connectivity index is 3.08. The standard InChI is InChI=1S/C11H18/c1-3-5-7-9-11-10-8-6-4-2/h3-5,8H,7,9-11H2,1-2H3. The normalized spacial score (nSPS) is 9.64. The molecule has 0 atom stereocenters. The Kier molecular flexibility index (Phi) is 8.64. The summed E-state index contributed by atoms with van der Waals surface area (Å²) in [6.45, 7) is 4.07. The molecule has 0 aromatic heterocycles. The first-order valence-corrected chi connectivity index (χ1v) is 4.38. The minimum atomic E-state index is 1.17. The maximum atomic E-state index is 3.07.